The zero-order chi connectivity index (χ0) is 12.1. The summed E-state index contributed by atoms with van der Waals surface area (Å²) in [5, 5.41) is 3.56. The molecular weight excluding hydrogens is 228 g/mol. The van der Waals surface area contributed by atoms with Crippen LogP contribution >= 0.6 is 11.3 Å². The van der Waals surface area contributed by atoms with Gasteiger partial charge >= 0.3 is 0 Å². The van der Waals surface area contributed by atoms with E-state index in [-0.39, 0.29) is 0 Å². The van der Waals surface area contributed by atoms with Crippen molar-refractivity contribution in [1.29, 1.82) is 0 Å². The van der Waals surface area contributed by atoms with E-state index in [0.29, 0.717) is 0 Å². The van der Waals surface area contributed by atoms with Crippen molar-refractivity contribution >= 4 is 11.3 Å². The van der Waals surface area contributed by atoms with E-state index < -0.39 is 0 Å². The molecule has 3 heteroatoms. The number of hydrogen-bond acceptors (Lipinski definition) is 3. The monoisotopic (exact) mass is 252 g/mol. The van der Waals surface area contributed by atoms with Crippen molar-refractivity contribution in [3.8, 4) is 0 Å². The summed E-state index contributed by atoms with van der Waals surface area (Å²) in [7, 11) is 0. The highest BCUT2D eigenvalue weighted by atomic mass is 32.1. The molecule has 0 amide bonds. The Hall–Kier alpha value is -0.410. The second kappa shape index (κ2) is 6.50. The lowest BCUT2D eigenvalue weighted by Gasteiger charge is -2.20. The van der Waals surface area contributed by atoms with Crippen molar-refractivity contribution < 1.29 is 0 Å². The highest BCUT2D eigenvalue weighted by Crippen LogP contribution is 2.30. The first kappa shape index (κ1) is 13.0. The Morgan fingerprint density at radius 3 is 2.82 bits per heavy atom. The Morgan fingerprint density at radius 2 is 2.18 bits per heavy atom. The molecular formula is C14H24N2S. The Labute approximate surface area is 109 Å². The second-order valence-corrected chi connectivity index (χ2v) is 6.10. The van der Waals surface area contributed by atoms with Crippen LogP contribution in [-0.4, -0.2) is 23.0 Å². The molecule has 0 bridgehead atoms. The van der Waals surface area contributed by atoms with Crippen LogP contribution < -0.4 is 0 Å². The van der Waals surface area contributed by atoms with Gasteiger partial charge in [-0.25, -0.2) is 4.98 Å². The molecule has 0 aromatic carbocycles. The molecule has 0 saturated heterocycles. The summed E-state index contributed by atoms with van der Waals surface area (Å²) in [6.45, 7) is 8.05. The third kappa shape index (κ3) is 4.40. The summed E-state index contributed by atoms with van der Waals surface area (Å²) in [5.74, 6) is 0.982. The van der Waals surface area contributed by atoms with Crippen molar-refractivity contribution in [2.45, 2.75) is 52.5 Å². The maximum Gasteiger partial charge on any atom is 0.0928 e. The Balaban J connectivity index is 1.85. The first-order valence-corrected chi connectivity index (χ1v) is 7.85. The minimum atomic E-state index is 0.982. The van der Waals surface area contributed by atoms with Gasteiger partial charge in [-0.05, 0) is 44.6 Å². The number of aryl methyl sites for hydroxylation is 1. The second-order valence-electron chi connectivity index (χ2n) is 5.16. The predicted octanol–water partition coefficient (Wildman–Crippen LogP) is 3.72. The zero-order valence-electron chi connectivity index (χ0n) is 11.1. The van der Waals surface area contributed by atoms with Crippen LogP contribution in [0.25, 0.3) is 0 Å². The third-order valence-electron chi connectivity index (χ3n) is 3.20. The van der Waals surface area contributed by atoms with Crippen LogP contribution in [0.3, 0.4) is 0 Å². The normalized spacial score (nSPS) is 15.7. The lowest BCUT2D eigenvalue weighted by molar-refractivity contribution is 0.252. The smallest absolute Gasteiger partial charge is 0.0928 e. The average molecular weight is 252 g/mol. The maximum atomic E-state index is 4.73. The highest BCUT2D eigenvalue weighted by molar-refractivity contribution is 7.09. The molecule has 2 nitrogen and oxygen atoms in total. The molecule has 0 unspecified atom stereocenters. The fourth-order valence-corrected chi connectivity index (χ4v) is 3.09. The van der Waals surface area contributed by atoms with E-state index in [1.807, 2.05) is 11.3 Å². The van der Waals surface area contributed by atoms with Crippen molar-refractivity contribution in [3.05, 3.63) is 16.1 Å². The molecule has 0 radical (unpaired) electrons. The van der Waals surface area contributed by atoms with Gasteiger partial charge in [0.1, 0.15) is 0 Å². The van der Waals surface area contributed by atoms with Gasteiger partial charge in [0.2, 0.25) is 0 Å². The SMILES string of the molecule is CCCc1nc(CN(CCC)CC2CC2)cs1. The molecule has 1 heterocycles. The molecule has 1 aromatic rings. The highest BCUT2D eigenvalue weighted by Gasteiger charge is 2.24. The Morgan fingerprint density at radius 1 is 1.35 bits per heavy atom. The maximum absolute atomic E-state index is 4.73. The molecule has 0 spiro atoms. The van der Waals surface area contributed by atoms with Gasteiger partial charge in [0.25, 0.3) is 0 Å². The minimum absolute atomic E-state index is 0.982. The molecule has 1 aliphatic rings. The summed E-state index contributed by atoms with van der Waals surface area (Å²) >= 11 is 1.83. The van der Waals surface area contributed by atoms with Gasteiger partial charge < -0.3 is 0 Å². The van der Waals surface area contributed by atoms with Gasteiger partial charge in [-0.2, -0.15) is 0 Å². The molecule has 1 aliphatic carbocycles. The number of aromatic nitrogens is 1. The largest absolute Gasteiger partial charge is 0.297 e. The first-order valence-electron chi connectivity index (χ1n) is 6.97. The predicted molar refractivity (Wildman–Crippen MR) is 74.4 cm³/mol. The zero-order valence-corrected chi connectivity index (χ0v) is 11.9. The van der Waals surface area contributed by atoms with Crippen LogP contribution in [0.15, 0.2) is 5.38 Å². The molecule has 0 N–H and O–H groups in total. The third-order valence-corrected chi connectivity index (χ3v) is 4.16. The van der Waals surface area contributed by atoms with E-state index in [4.69, 9.17) is 4.98 Å². The summed E-state index contributed by atoms with van der Waals surface area (Å²) in [6.07, 6.45) is 6.48. The molecule has 0 aliphatic heterocycles. The van der Waals surface area contributed by atoms with Gasteiger partial charge in [0, 0.05) is 18.5 Å². The lowest BCUT2D eigenvalue weighted by atomic mass is 10.3. The molecule has 0 atom stereocenters. The van der Waals surface area contributed by atoms with Crippen molar-refractivity contribution in [2.24, 2.45) is 5.92 Å². The first-order chi connectivity index (χ1) is 8.31. The lowest BCUT2D eigenvalue weighted by Crippen LogP contribution is -2.26. The minimum Gasteiger partial charge on any atom is -0.297 e. The topological polar surface area (TPSA) is 16.1 Å². The molecule has 17 heavy (non-hydrogen) atoms. The van der Waals surface area contributed by atoms with Crippen molar-refractivity contribution in [2.75, 3.05) is 13.1 Å². The van der Waals surface area contributed by atoms with E-state index in [1.54, 1.807) is 0 Å². The molecule has 1 aromatic heterocycles. The summed E-state index contributed by atoms with van der Waals surface area (Å²) in [5.41, 5.74) is 1.28. The summed E-state index contributed by atoms with van der Waals surface area (Å²) < 4.78 is 0. The van der Waals surface area contributed by atoms with E-state index in [1.165, 1.54) is 49.5 Å². The van der Waals surface area contributed by atoms with Crippen LogP contribution in [0.4, 0.5) is 0 Å². The number of hydrogen-bond donors (Lipinski definition) is 0. The fraction of sp³-hybridized carbons (Fsp3) is 0.786. The van der Waals surface area contributed by atoms with Crippen LogP contribution in [0.5, 0.6) is 0 Å². The van der Waals surface area contributed by atoms with E-state index in [0.717, 1.165) is 18.9 Å². The fourth-order valence-electron chi connectivity index (χ4n) is 2.20. The molecule has 1 fully saturated rings. The van der Waals surface area contributed by atoms with E-state index in [9.17, 15) is 0 Å². The number of thiazole rings is 1. The van der Waals surface area contributed by atoms with Gasteiger partial charge in [-0.15, -0.1) is 11.3 Å². The molecule has 2 rings (SSSR count). The van der Waals surface area contributed by atoms with Gasteiger partial charge in [0.05, 0.1) is 10.7 Å². The Bertz CT molecular complexity index is 331. The Kier molecular flexibility index (Phi) is 4.99. The average Bonchev–Trinajstić information content (AvgIpc) is 3.00. The quantitative estimate of drug-likeness (QED) is 0.701. The standard InChI is InChI=1S/C14H24N2S/c1-3-5-14-15-13(11-17-14)10-16(8-4-2)9-12-6-7-12/h11-12H,3-10H2,1-2H3. The van der Waals surface area contributed by atoms with Crippen molar-refractivity contribution in [1.82, 2.24) is 9.88 Å². The van der Waals surface area contributed by atoms with Crippen LogP contribution in [0.2, 0.25) is 0 Å². The van der Waals surface area contributed by atoms with Crippen molar-refractivity contribution in [3.63, 3.8) is 0 Å². The number of nitrogens with zero attached hydrogens (tertiary/aromatic N) is 2. The van der Waals surface area contributed by atoms with Gasteiger partial charge in [-0.3, -0.25) is 4.90 Å². The van der Waals surface area contributed by atoms with Crippen LogP contribution in [-0.2, 0) is 13.0 Å². The summed E-state index contributed by atoms with van der Waals surface area (Å²) in [4.78, 5) is 7.31. The van der Waals surface area contributed by atoms with Gasteiger partial charge in [-0.1, -0.05) is 13.8 Å². The van der Waals surface area contributed by atoms with E-state index >= 15 is 0 Å². The van der Waals surface area contributed by atoms with Crippen LogP contribution in [0.1, 0.15) is 50.2 Å². The molecule has 96 valence electrons. The summed E-state index contributed by atoms with van der Waals surface area (Å²) in [6, 6.07) is 0. The van der Waals surface area contributed by atoms with Crippen LogP contribution in [0, 0.1) is 5.92 Å². The molecule has 1 saturated carbocycles. The van der Waals surface area contributed by atoms with E-state index in [2.05, 4.69) is 24.1 Å². The number of rotatable bonds is 8. The van der Waals surface area contributed by atoms with Gasteiger partial charge in [0.15, 0.2) is 0 Å².